The predicted octanol–water partition coefficient (Wildman–Crippen LogP) is 3.25. The van der Waals surface area contributed by atoms with Gasteiger partial charge in [0.1, 0.15) is 0 Å². The topological polar surface area (TPSA) is 46.5 Å². The Morgan fingerprint density at radius 3 is 2.63 bits per heavy atom. The Morgan fingerprint density at radius 1 is 1.37 bits per heavy atom. The first-order chi connectivity index (χ1) is 8.90. The Morgan fingerprint density at radius 2 is 2.05 bits per heavy atom. The molecule has 1 spiro atoms. The summed E-state index contributed by atoms with van der Waals surface area (Å²) < 4.78 is 5.67. The first-order valence-corrected chi connectivity index (χ1v) is 7.37. The highest BCUT2D eigenvalue weighted by atomic mass is 16.5. The fourth-order valence-corrected chi connectivity index (χ4v) is 5.91. The van der Waals surface area contributed by atoms with Crippen molar-refractivity contribution in [2.75, 3.05) is 7.11 Å². The fourth-order valence-electron chi connectivity index (χ4n) is 5.91. The number of aliphatic carboxylic acids is 1. The van der Waals surface area contributed by atoms with Gasteiger partial charge in [0.2, 0.25) is 0 Å². The summed E-state index contributed by atoms with van der Waals surface area (Å²) in [4.78, 5) is 11.7. The number of carboxylic acids is 1. The molecule has 0 aromatic rings. The van der Waals surface area contributed by atoms with E-state index in [0.29, 0.717) is 17.4 Å². The van der Waals surface area contributed by atoms with E-state index in [-0.39, 0.29) is 16.9 Å². The second-order valence-corrected chi connectivity index (χ2v) is 7.01. The maximum atomic E-state index is 11.7. The molecule has 3 rings (SSSR count). The highest BCUT2D eigenvalue weighted by molar-refractivity contribution is 5.90. The van der Waals surface area contributed by atoms with E-state index in [1.54, 1.807) is 7.11 Å². The van der Waals surface area contributed by atoms with E-state index in [1.165, 1.54) is 12.8 Å². The summed E-state index contributed by atoms with van der Waals surface area (Å²) in [7, 11) is 1.66. The third kappa shape index (κ3) is 1.25. The molecule has 2 saturated carbocycles. The molecule has 0 radical (unpaired) electrons. The van der Waals surface area contributed by atoms with Gasteiger partial charge in [-0.3, -0.25) is 0 Å². The first kappa shape index (κ1) is 13.2. The summed E-state index contributed by atoms with van der Waals surface area (Å²) in [5.41, 5.74) is 1.72. The Labute approximate surface area is 115 Å². The van der Waals surface area contributed by atoms with E-state index in [1.807, 2.05) is 0 Å². The zero-order chi connectivity index (χ0) is 14.0. The Hall–Kier alpha value is -0.830. The number of methoxy groups -OCH3 is 1. The number of carbonyl (C=O) groups is 1. The lowest BCUT2D eigenvalue weighted by Crippen LogP contribution is -2.42. The van der Waals surface area contributed by atoms with Crippen LogP contribution in [-0.4, -0.2) is 24.3 Å². The molecular formula is C16H24O3. The van der Waals surface area contributed by atoms with Crippen molar-refractivity contribution in [3.63, 3.8) is 0 Å². The average Bonchev–Trinajstić information content (AvgIpc) is 2.89. The van der Waals surface area contributed by atoms with Gasteiger partial charge >= 0.3 is 5.97 Å². The minimum atomic E-state index is -0.785. The Balaban J connectivity index is 2.20. The van der Waals surface area contributed by atoms with E-state index >= 15 is 0 Å². The molecule has 106 valence electrons. The number of rotatable bonds is 2. The van der Waals surface area contributed by atoms with Crippen LogP contribution in [0.15, 0.2) is 11.1 Å². The van der Waals surface area contributed by atoms with Gasteiger partial charge in [-0.15, -0.1) is 0 Å². The number of allylic oxidation sites excluding steroid dienone is 1. The highest BCUT2D eigenvalue weighted by Crippen LogP contribution is 2.74. The summed E-state index contributed by atoms with van der Waals surface area (Å²) >= 11 is 0. The molecule has 3 aliphatic rings. The van der Waals surface area contributed by atoms with E-state index < -0.39 is 5.97 Å². The van der Waals surface area contributed by atoms with Crippen molar-refractivity contribution in [1.29, 1.82) is 0 Å². The van der Waals surface area contributed by atoms with Crippen LogP contribution in [0, 0.1) is 22.7 Å². The zero-order valence-electron chi connectivity index (χ0n) is 12.3. The fraction of sp³-hybridized carbons (Fsp3) is 0.812. The standard InChI is InChI=1S/C16H24O3/c1-9-5-8-16-10(2)12(14(17)18)13(19-4)15(16,3)7-6-11(9)16/h9,11,13H,5-8H2,1-4H3,(H,17,18)/t9-,11+,13-,15+,16+/m0/s1. The van der Waals surface area contributed by atoms with Crippen LogP contribution in [0.1, 0.15) is 46.5 Å². The van der Waals surface area contributed by atoms with Crippen molar-refractivity contribution in [1.82, 2.24) is 0 Å². The lowest BCUT2D eigenvalue weighted by molar-refractivity contribution is -0.135. The third-order valence-corrected chi connectivity index (χ3v) is 6.69. The second kappa shape index (κ2) is 3.85. The van der Waals surface area contributed by atoms with Crippen LogP contribution in [-0.2, 0) is 9.53 Å². The molecule has 0 heterocycles. The van der Waals surface area contributed by atoms with Gasteiger partial charge in [0, 0.05) is 17.9 Å². The van der Waals surface area contributed by atoms with Gasteiger partial charge in [0.05, 0.1) is 11.7 Å². The molecule has 1 N–H and O–H groups in total. The average molecular weight is 264 g/mol. The van der Waals surface area contributed by atoms with Gasteiger partial charge in [-0.05, 0) is 44.4 Å². The molecule has 2 fully saturated rings. The molecule has 0 aromatic heterocycles. The van der Waals surface area contributed by atoms with Crippen LogP contribution in [0.2, 0.25) is 0 Å². The molecule has 0 aliphatic heterocycles. The minimum absolute atomic E-state index is 0.0189. The normalized spacial score (nSPS) is 48.5. The molecule has 3 heteroatoms. The van der Waals surface area contributed by atoms with Crippen LogP contribution in [0.25, 0.3) is 0 Å². The van der Waals surface area contributed by atoms with Crippen molar-refractivity contribution in [3.05, 3.63) is 11.1 Å². The molecule has 0 amide bonds. The first-order valence-electron chi connectivity index (χ1n) is 7.37. The van der Waals surface area contributed by atoms with Gasteiger partial charge < -0.3 is 9.84 Å². The summed E-state index contributed by atoms with van der Waals surface area (Å²) in [5.74, 6) is 0.571. The maximum Gasteiger partial charge on any atom is 0.334 e. The number of ether oxygens (including phenoxy) is 1. The molecule has 3 nitrogen and oxygen atoms in total. The van der Waals surface area contributed by atoms with Crippen molar-refractivity contribution in [2.24, 2.45) is 22.7 Å². The quantitative estimate of drug-likeness (QED) is 0.832. The lowest BCUT2D eigenvalue weighted by atomic mass is 9.62. The van der Waals surface area contributed by atoms with Gasteiger partial charge in [0.25, 0.3) is 0 Å². The van der Waals surface area contributed by atoms with Gasteiger partial charge in [0.15, 0.2) is 0 Å². The van der Waals surface area contributed by atoms with Crippen LogP contribution in [0.5, 0.6) is 0 Å². The van der Waals surface area contributed by atoms with Crippen LogP contribution < -0.4 is 0 Å². The lowest BCUT2D eigenvalue weighted by Gasteiger charge is -2.43. The van der Waals surface area contributed by atoms with E-state index in [4.69, 9.17) is 4.74 Å². The van der Waals surface area contributed by atoms with E-state index in [2.05, 4.69) is 20.8 Å². The van der Waals surface area contributed by atoms with Gasteiger partial charge in [-0.2, -0.15) is 0 Å². The molecule has 19 heavy (non-hydrogen) atoms. The smallest absolute Gasteiger partial charge is 0.334 e. The molecule has 0 saturated heterocycles. The Bertz CT molecular complexity index is 467. The monoisotopic (exact) mass is 264 g/mol. The number of hydrogen-bond donors (Lipinski definition) is 1. The molecule has 0 aromatic carbocycles. The molecule has 0 bridgehead atoms. The summed E-state index contributed by atoms with van der Waals surface area (Å²) in [6.45, 7) is 6.65. The summed E-state index contributed by atoms with van der Waals surface area (Å²) in [5, 5.41) is 9.60. The van der Waals surface area contributed by atoms with E-state index in [0.717, 1.165) is 18.4 Å². The van der Waals surface area contributed by atoms with Gasteiger partial charge in [-0.1, -0.05) is 19.4 Å². The summed E-state index contributed by atoms with van der Waals surface area (Å²) in [6.07, 6.45) is 4.44. The van der Waals surface area contributed by atoms with Crippen molar-refractivity contribution in [2.45, 2.75) is 52.6 Å². The predicted molar refractivity (Wildman–Crippen MR) is 72.8 cm³/mol. The van der Waals surface area contributed by atoms with Crippen molar-refractivity contribution in [3.8, 4) is 0 Å². The van der Waals surface area contributed by atoms with Crippen LogP contribution >= 0.6 is 0 Å². The molecule has 0 unspecified atom stereocenters. The third-order valence-electron chi connectivity index (χ3n) is 6.69. The minimum Gasteiger partial charge on any atom is -0.478 e. The Kier molecular flexibility index (Phi) is 2.66. The largest absolute Gasteiger partial charge is 0.478 e. The van der Waals surface area contributed by atoms with Gasteiger partial charge in [-0.25, -0.2) is 4.79 Å². The van der Waals surface area contributed by atoms with Crippen LogP contribution in [0.3, 0.4) is 0 Å². The number of carboxylic acid groups (broad SMARTS) is 1. The zero-order valence-corrected chi connectivity index (χ0v) is 12.3. The van der Waals surface area contributed by atoms with E-state index in [9.17, 15) is 9.90 Å². The van der Waals surface area contributed by atoms with Crippen molar-refractivity contribution >= 4 is 5.97 Å². The SMILES string of the molecule is CO[C@H]1C(C(=O)O)=C(C)[C@]23CC[C@H](C)[C@H]2CC[C@]13C. The maximum absolute atomic E-state index is 11.7. The second-order valence-electron chi connectivity index (χ2n) is 7.01. The summed E-state index contributed by atoms with van der Waals surface area (Å²) in [6, 6.07) is 0. The van der Waals surface area contributed by atoms with Crippen LogP contribution in [0.4, 0.5) is 0 Å². The molecule has 5 atom stereocenters. The van der Waals surface area contributed by atoms with Crippen molar-refractivity contribution < 1.29 is 14.6 Å². The number of hydrogen-bond acceptors (Lipinski definition) is 2. The molecule has 3 aliphatic carbocycles. The highest BCUT2D eigenvalue weighted by Gasteiger charge is 2.69. The molecular weight excluding hydrogens is 240 g/mol.